The van der Waals surface area contributed by atoms with Crippen molar-refractivity contribution in [3.05, 3.63) is 42.2 Å². The van der Waals surface area contributed by atoms with Gasteiger partial charge in [-0.15, -0.1) is 0 Å². The van der Waals surface area contributed by atoms with Crippen LogP contribution in [0.3, 0.4) is 0 Å². The van der Waals surface area contributed by atoms with Crippen molar-refractivity contribution in [2.45, 2.75) is 26.0 Å². The van der Waals surface area contributed by atoms with Crippen LogP contribution in [0.1, 0.15) is 16.8 Å². The molecule has 0 saturated carbocycles. The molecule has 2 aliphatic rings. The van der Waals surface area contributed by atoms with Gasteiger partial charge in [-0.2, -0.15) is 13.9 Å². The van der Waals surface area contributed by atoms with Gasteiger partial charge in [0.2, 0.25) is 0 Å². The lowest BCUT2D eigenvalue weighted by molar-refractivity contribution is -0.0506. The number of ether oxygens (including phenoxy) is 1. The van der Waals surface area contributed by atoms with Crippen LogP contribution in [0.15, 0.2) is 36.7 Å². The minimum Gasteiger partial charge on any atom is -0.434 e. The Labute approximate surface area is 185 Å². The minimum absolute atomic E-state index is 0.103. The third-order valence-electron chi connectivity index (χ3n) is 6.08. The number of fused-ring (bicyclic) bond motifs is 1. The number of hydrogen-bond donors (Lipinski definition) is 0. The molecule has 0 unspecified atom stereocenters. The first-order valence-corrected chi connectivity index (χ1v) is 10.4. The zero-order chi connectivity index (χ0) is 23.2. The summed E-state index contributed by atoms with van der Waals surface area (Å²) in [5, 5.41) is 3.93. The molecule has 174 valence electrons. The Morgan fingerprint density at radius 3 is 2.67 bits per heavy atom. The molecule has 1 spiro atoms. The predicted molar refractivity (Wildman–Crippen MR) is 110 cm³/mol. The van der Waals surface area contributed by atoms with Crippen LogP contribution in [0, 0.1) is 5.41 Å². The van der Waals surface area contributed by atoms with Crippen molar-refractivity contribution in [1.29, 1.82) is 0 Å². The largest absolute Gasteiger partial charge is 0.434 e. The van der Waals surface area contributed by atoms with E-state index in [9.17, 15) is 22.4 Å². The van der Waals surface area contributed by atoms with Gasteiger partial charge in [-0.3, -0.25) is 4.79 Å². The number of anilines is 1. The van der Waals surface area contributed by atoms with Gasteiger partial charge >= 0.3 is 6.61 Å². The van der Waals surface area contributed by atoms with E-state index in [2.05, 4.69) is 19.8 Å². The number of nitrogens with zero attached hydrogens (tertiary/aromatic N) is 6. The van der Waals surface area contributed by atoms with Crippen LogP contribution >= 0.6 is 0 Å². The zero-order valence-electron chi connectivity index (χ0n) is 17.4. The van der Waals surface area contributed by atoms with Crippen LogP contribution in [0.4, 0.5) is 23.4 Å². The molecule has 1 amide bonds. The van der Waals surface area contributed by atoms with E-state index in [1.807, 2.05) is 4.90 Å². The highest BCUT2D eigenvalue weighted by Crippen LogP contribution is 2.42. The highest BCUT2D eigenvalue weighted by atomic mass is 19.3. The molecule has 0 atom stereocenters. The number of halogens is 4. The van der Waals surface area contributed by atoms with Crippen molar-refractivity contribution < 1.29 is 27.1 Å². The van der Waals surface area contributed by atoms with Gasteiger partial charge in [-0.25, -0.2) is 23.4 Å². The number of carbonyl (C=O) groups is 1. The Balaban J connectivity index is 1.27. The molecule has 1 aromatic carbocycles. The molecular formula is C21H20F4N6O2. The van der Waals surface area contributed by atoms with E-state index in [0.29, 0.717) is 43.2 Å². The first kappa shape index (κ1) is 21.4. The van der Waals surface area contributed by atoms with Crippen molar-refractivity contribution in [3.8, 4) is 5.75 Å². The van der Waals surface area contributed by atoms with E-state index >= 15 is 0 Å². The van der Waals surface area contributed by atoms with E-state index in [0.717, 1.165) is 11.1 Å². The summed E-state index contributed by atoms with van der Waals surface area (Å²) in [5.41, 5.74) is 0.702. The number of likely N-dealkylation sites (tertiary alicyclic amines) is 1. The van der Waals surface area contributed by atoms with Crippen LogP contribution in [0.5, 0.6) is 5.75 Å². The Morgan fingerprint density at radius 1 is 1.12 bits per heavy atom. The summed E-state index contributed by atoms with van der Waals surface area (Å²) >= 11 is 0. The second kappa shape index (κ2) is 8.16. The van der Waals surface area contributed by atoms with Gasteiger partial charge in [0.1, 0.15) is 23.6 Å². The molecule has 0 bridgehead atoms. The third kappa shape index (κ3) is 4.05. The molecule has 2 fully saturated rings. The molecule has 12 heteroatoms. The maximum atomic E-state index is 12.9. The van der Waals surface area contributed by atoms with E-state index in [-0.39, 0.29) is 22.6 Å². The number of para-hydroxylation sites is 1. The SMILES string of the molecule is O=C(c1ccccc1OC(F)F)N1CC2(CCN(c3cnc4cnn(CC(F)F)c4n3)C2)C1. The Kier molecular flexibility index (Phi) is 5.29. The van der Waals surface area contributed by atoms with Crippen LogP contribution in [0.2, 0.25) is 0 Å². The second-order valence-corrected chi connectivity index (χ2v) is 8.36. The van der Waals surface area contributed by atoms with Gasteiger partial charge in [0.25, 0.3) is 12.3 Å². The van der Waals surface area contributed by atoms with Gasteiger partial charge < -0.3 is 14.5 Å². The fraction of sp³-hybridized carbons (Fsp3) is 0.429. The number of carbonyl (C=O) groups excluding carboxylic acids is 1. The Bertz CT molecular complexity index is 1180. The van der Waals surface area contributed by atoms with Crippen LogP contribution in [-0.2, 0) is 6.54 Å². The van der Waals surface area contributed by atoms with Gasteiger partial charge in [0.05, 0.1) is 18.0 Å². The molecule has 8 nitrogen and oxygen atoms in total. The summed E-state index contributed by atoms with van der Waals surface area (Å²) in [7, 11) is 0. The molecule has 4 heterocycles. The molecule has 33 heavy (non-hydrogen) atoms. The van der Waals surface area contributed by atoms with Crippen LogP contribution in [0.25, 0.3) is 11.2 Å². The fourth-order valence-corrected chi connectivity index (χ4v) is 4.56. The first-order valence-electron chi connectivity index (χ1n) is 10.4. The van der Waals surface area contributed by atoms with Crippen molar-refractivity contribution in [1.82, 2.24) is 24.6 Å². The topological polar surface area (TPSA) is 76.4 Å². The maximum Gasteiger partial charge on any atom is 0.387 e. The summed E-state index contributed by atoms with van der Waals surface area (Å²) < 4.78 is 56.5. The van der Waals surface area contributed by atoms with Crippen LogP contribution in [-0.4, -0.2) is 69.8 Å². The highest BCUT2D eigenvalue weighted by Gasteiger charge is 2.50. The molecule has 2 aromatic heterocycles. The summed E-state index contributed by atoms with van der Waals surface area (Å²) in [6.45, 7) is -1.32. The van der Waals surface area contributed by atoms with Crippen LogP contribution < -0.4 is 9.64 Å². The average Bonchev–Trinajstić information content (AvgIpc) is 3.37. The Hall–Kier alpha value is -3.44. The summed E-state index contributed by atoms with van der Waals surface area (Å²) in [6.07, 6.45) is 1.26. The van der Waals surface area contributed by atoms with E-state index in [1.165, 1.54) is 24.4 Å². The van der Waals surface area contributed by atoms with E-state index in [1.54, 1.807) is 17.2 Å². The number of alkyl halides is 4. The normalized spacial score (nSPS) is 17.4. The molecular weight excluding hydrogens is 444 g/mol. The van der Waals surface area contributed by atoms with Crippen molar-refractivity contribution in [2.75, 3.05) is 31.1 Å². The van der Waals surface area contributed by atoms with Gasteiger partial charge in [0, 0.05) is 31.6 Å². The second-order valence-electron chi connectivity index (χ2n) is 8.36. The first-order chi connectivity index (χ1) is 15.8. The number of hydrogen-bond acceptors (Lipinski definition) is 6. The summed E-state index contributed by atoms with van der Waals surface area (Å²) in [6, 6.07) is 5.96. The van der Waals surface area contributed by atoms with Crippen molar-refractivity contribution >= 4 is 22.9 Å². The van der Waals surface area contributed by atoms with Crippen molar-refractivity contribution in [3.63, 3.8) is 0 Å². The lowest BCUT2D eigenvalue weighted by Gasteiger charge is -2.48. The third-order valence-corrected chi connectivity index (χ3v) is 6.08. The zero-order valence-corrected chi connectivity index (χ0v) is 17.4. The molecule has 0 N–H and O–H groups in total. The van der Waals surface area contributed by atoms with E-state index in [4.69, 9.17) is 0 Å². The Morgan fingerprint density at radius 2 is 1.91 bits per heavy atom. The van der Waals surface area contributed by atoms with E-state index < -0.39 is 19.6 Å². The standard InChI is InChI=1S/C21H20F4N6O2/c22-16(23)9-31-18-14(7-27-31)26-8-17(28-18)29-6-5-21(10-29)11-30(12-21)19(32)13-3-1-2-4-15(13)33-20(24)25/h1-4,7-8,16,20H,5-6,9-12H2. The molecule has 5 rings (SSSR count). The monoisotopic (exact) mass is 464 g/mol. The lowest BCUT2D eigenvalue weighted by Crippen LogP contribution is -2.59. The van der Waals surface area contributed by atoms with Gasteiger partial charge in [-0.05, 0) is 18.6 Å². The highest BCUT2D eigenvalue weighted by molar-refractivity contribution is 5.97. The molecule has 0 radical (unpaired) electrons. The predicted octanol–water partition coefficient (Wildman–Crippen LogP) is 3.05. The summed E-state index contributed by atoms with van der Waals surface area (Å²) in [5.74, 6) is 0.0683. The van der Waals surface area contributed by atoms with Crippen molar-refractivity contribution in [2.24, 2.45) is 5.41 Å². The maximum absolute atomic E-state index is 12.9. The number of benzene rings is 1. The average molecular weight is 464 g/mol. The lowest BCUT2D eigenvalue weighted by atomic mass is 9.78. The number of rotatable bonds is 6. The smallest absolute Gasteiger partial charge is 0.387 e. The van der Waals surface area contributed by atoms with Gasteiger partial charge in [-0.1, -0.05) is 12.1 Å². The summed E-state index contributed by atoms with van der Waals surface area (Å²) in [4.78, 5) is 25.3. The number of aromatic nitrogens is 4. The quantitative estimate of drug-likeness (QED) is 0.522. The molecule has 3 aromatic rings. The molecule has 0 aliphatic carbocycles. The fourth-order valence-electron chi connectivity index (χ4n) is 4.56. The van der Waals surface area contributed by atoms with Gasteiger partial charge in [0.15, 0.2) is 5.65 Å². The molecule has 2 saturated heterocycles. The molecule has 2 aliphatic heterocycles. The number of amides is 1. The minimum atomic E-state index is -3.01.